The molecule has 0 aliphatic heterocycles. The molecular weight excluding hydrogens is 1710 g/mol. The molecule has 0 amide bonds. The van der Waals surface area contributed by atoms with E-state index >= 15 is 0 Å². The van der Waals surface area contributed by atoms with E-state index in [2.05, 4.69) is 98.7 Å². The van der Waals surface area contributed by atoms with Crippen molar-refractivity contribution in [2.24, 2.45) is 23.7 Å². The zero-order chi connectivity index (χ0) is 86.4. The maximum atomic E-state index is 13.6. The number of allylic oxidation sites excluding steroid dienone is 2. The average molecular weight is 1900 g/mol. The molecule has 2 aliphatic rings. The summed E-state index contributed by atoms with van der Waals surface area (Å²) in [5.41, 5.74) is 3.02. The Balaban J connectivity index is 2.14. The van der Waals surface area contributed by atoms with Crippen LogP contribution < -0.4 is 0 Å². The maximum Gasteiger partial charge on any atom is 0.307 e. The highest BCUT2D eigenvalue weighted by atomic mass is 33.5. The van der Waals surface area contributed by atoms with Crippen molar-refractivity contribution in [3.05, 3.63) is 22.7 Å². The minimum Gasteiger partial charge on any atom is -0.497 e. The number of hydrogen-bond acceptors (Lipinski definition) is 21. The van der Waals surface area contributed by atoms with Gasteiger partial charge in [0, 0.05) is 85.0 Å². The Labute approximate surface area is 792 Å². The molecular formula is C99H191N3O6S12. The van der Waals surface area contributed by atoms with Crippen molar-refractivity contribution in [3.63, 3.8) is 0 Å². The van der Waals surface area contributed by atoms with Gasteiger partial charge in [0.05, 0.1) is 37.6 Å². The average Bonchev–Trinajstić information content (AvgIpc) is 0.875. The minimum atomic E-state index is -0.0741. The van der Waals surface area contributed by atoms with Crippen LogP contribution in [0.1, 0.15) is 441 Å². The first kappa shape index (κ1) is 118. The topological polar surface area (TPSA) is 80.8 Å². The number of esters is 2. The smallest absolute Gasteiger partial charge is 0.307 e. The monoisotopic (exact) mass is 1900 g/mol. The van der Waals surface area contributed by atoms with E-state index in [1.807, 2.05) is 104 Å². The number of nitrogens with zero attached hydrogens (tertiary/aromatic N) is 3. The zero-order valence-corrected chi connectivity index (χ0v) is 89.4. The largest absolute Gasteiger partial charge is 0.497 e. The second kappa shape index (κ2) is 92.9. The van der Waals surface area contributed by atoms with Gasteiger partial charge in [-0.15, -0.1) is 0 Å². The van der Waals surface area contributed by atoms with E-state index < -0.39 is 0 Å². The van der Waals surface area contributed by atoms with Crippen molar-refractivity contribution >= 4 is 138 Å². The molecule has 0 bridgehead atoms. The van der Waals surface area contributed by atoms with Crippen LogP contribution in [0.2, 0.25) is 0 Å². The van der Waals surface area contributed by atoms with Crippen molar-refractivity contribution in [1.82, 2.24) is 14.7 Å². The normalized spacial score (nSPS) is 14.0. The van der Waals surface area contributed by atoms with Crippen LogP contribution in [0.15, 0.2) is 22.7 Å². The Hall–Kier alpha value is 2.10. The van der Waals surface area contributed by atoms with Crippen molar-refractivity contribution in [2.75, 3.05) is 132 Å². The summed E-state index contributed by atoms with van der Waals surface area (Å²) in [5.74, 6) is 14.3. The number of rotatable bonds is 98. The van der Waals surface area contributed by atoms with Gasteiger partial charge in [-0.1, -0.05) is 399 Å². The Morgan fingerprint density at radius 2 is 0.492 bits per heavy atom. The SMILES string of the molecule is CCCCCCCCC(CCCCCC)CSSSCCOC(=O)CCN(CCCN(C)CCCN(CCC(=O)OCCSSSCC(CCCCCC)CCCCCCCC)CCC(OCCSSSCC(CCCCCC)CCCCCCCC)=C1CCC1)CCC(OCCSSSCC(CCCCCC)CCCCCCCC)=C1CCC1. The van der Waals surface area contributed by atoms with E-state index in [1.54, 1.807) is 0 Å². The highest BCUT2D eigenvalue weighted by Crippen LogP contribution is 2.42. The summed E-state index contributed by atoms with van der Waals surface area (Å²) >= 11 is 0. The Morgan fingerprint density at radius 1 is 0.267 bits per heavy atom. The number of unbranched alkanes of at least 4 members (excludes halogenated alkanes) is 32. The van der Waals surface area contributed by atoms with Crippen molar-refractivity contribution in [1.29, 1.82) is 0 Å². The molecule has 2 aliphatic carbocycles. The summed E-state index contributed by atoms with van der Waals surface area (Å²) in [6, 6.07) is 0. The van der Waals surface area contributed by atoms with Crippen LogP contribution in [0.4, 0.5) is 0 Å². The molecule has 21 heteroatoms. The molecule has 4 unspecified atom stereocenters. The number of carbonyl (C=O) groups is 2. The molecule has 0 saturated heterocycles. The third-order valence-electron chi connectivity index (χ3n) is 24.4. The fourth-order valence-electron chi connectivity index (χ4n) is 16.1. The molecule has 4 atom stereocenters. The fraction of sp³-hybridized carbons (Fsp3) is 0.939. The lowest BCUT2D eigenvalue weighted by molar-refractivity contribution is -0.144. The summed E-state index contributed by atoms with van der Waals surface area (Å²) in [6.07, 6.45) is 77.8. The van der Waals surface area contributed by atoms with Gasteiger partial charge in [-0.2, -0.15) is 0 Å². The molecule has 9 nitrogen and oxygen atoms in total. The van der Waals surface area contributed by atoms with Crippen LogP contribution in [0.25, 0.3) is 0 Å². The quantitative estimate of drug-likeness (QED) is 0.0251. The van der Waals surface area contributed by atoms with Gasteiger partial charge in [0.25, 0.3) is 0 Å². The predicted octanol–water partition coefficient (Wildman–Crippen LogP) is 35.3. The molecule has 0 aromatic carbocycles. The van der Waals surface area contributed by atoms with Gasteiger partial charge < -0.3 is 33.6 Å². The van der Waals surface area contributed by atoms with Crippen molar-refractivity contribution in [2.45, 2.75) is 441 Å². The first-order valence-corrected chi connectivity index (χ1v) is 66.2. The molecule has 0 aromatic rings. The van der Waals surface area contributed by atoms with Crippen LogP contribution in [0.5, 0.6) is 0 Å². The molecule has 0 spiro atoms. The van der Waals surface area contributed by atoms with Crippen LogP contribution in [0.3, 0.4) is 0 Å². The van der Waals surface area contributed by atoms with Crippen LogP contribution >= 0.6 is 126 Å². The molecule has 0 N–H and O–H groups in total. The van der Waals surface area contributed by atoms with E-state index in [9.17, 15) is 9.59 Å². The third-order valence-corrected chi connectivity index (χ3v) is 41.8. The minimum absolute atomic E-state index is 0.0741. The summed E-state index contributed by atoms with van der Waals surface area (Å²) in [4.78, 5) is 34.8. The molecule has 2 fully saturated rings. The summed E-state index contributed by atoms with van der Waals surface area (Å²) < 4.78 is 25.5. The maximum absolute atomic E-state index is 13.6. The second-order valence-corrected chi connectivity index (χ2v) is 53.0. The van der Waals surface area contributed by atoms with Crippen molar-refractivity contribution in [3.8, 4) is 0 Å². The number of carbonyl (C=O) groups excluding carboxylic acids is 2. The van der Waals surface area contributed by atoms with E-state index in [0.29, 0.717) is 39.1 Å². The lowest BCUT2D eigenvalue weighted by Gasteiger charge is -2.28. The molecule has 0 heterocycles. The molecule has 0 aromatic heterocycles. The van der Waals surface area contributed by atoms with Gasteiger partial charge >= 0.3 is 11.9 Å². The first-order valence-electron chi connectivity index (χ1n) is 50.9. The number of hydrogen-bond donors (Lipinski definition) is 0. The third kappa shape index (κ3) is 75.6. The van der Waals surface area contributed by atoms with E-state index in [1.165, 1.54) is 367 Å². The Kier molecular flexibility index (Phi) is 91.5. The molecule has 120 heavy (non-hydrogen) atoms. The van der Waals surface area contributed by atoms with Gasteiger partial charge in [0.2, 0.25) is 0 Å². The summed E-state index contributed by atoms with van der Waals surface area (Å²) in [6.45, 7) is 28.0. The van der Waals surface area contributed by atoms with Crippen molar-refractivity contribution < 1.29 is 28.5 Å². The predicted molar refractivity (Wildman–Crippen MR) is 565 cm³/mol. The first-order chi connectivity index (χ1) is 59.1. The van der Waals surface area contributed by atoms with Gasteiger partial charge in [0.15, 0.2) is 0 Å². The molecule has 2 rings (SSSR count). The van der Waals surface area contributed by atoms with Crippen LogP contribution in [-0.2, 0) is 28.5 Å². The highest BCUT2D eigenvalue weighted by Gasteiger charge is 2.23. The molecule has 0 radical (unpaired) electrons. The summed E-state index contributed by atoms with van der Waals surface area (Å²) in [5, 5.41) is 0. The van der Waals surface area contributed by atoms with E-state index in [0.717, 1.165) is 151 Å². The lowest BCUT2D eigenvalue weighted by atomic mass is 9.90. The Morgan fingerprint density at radius 3 is 0.733 bits per heavy atom. The van der Waals surface area contributed by atoms with E-state index in [4.69, 9.17) is 18.9 Å². The van der Waals surface area contributed by atoms with Crippen LogP contribution in [0, 0.1) is 23.7 Å². The number of ether oxygens (including phenoxy) is 4. The second-order valence-electron chi connectivity index (χ2n) is 35.4. The standard InChI is InChI=1S/C99H191N3O6S12/c1-10-18-26-34-38-46-58-90(54-42-30-22-14-5)86-113-117-109-82-78-105-96(94-62-50-63-94)66-74-101(76-68-98(103)107-80-84-111-119-115-88-92(56-44-32-24-16-7)60-48-40-36-28-20-12-3)72-52-70-100(9)71-53-73-102(77-69-99(104)108-81-85-112-120-116-89-93(57-45-33-25-17-8)61-49-41-37-29-21-13-4)75-67-97(95-64-51-65-95)106-79-83-110-118-114-87-91(55-43-31-23-15-6)59-47-39-35-27-19-11-2/h90-93H,10-89H2,1-9H3. The van der Waals surface area contributed by atoms with Gasteiger partial charge in [-0.25, -0.2) is 0 Å². The summed E-state index contributed by atoms with van der Waals surface area (Å²) in [7, 11) is 26.0. The molecule has 710 valence electrons. The van der Waals surface area contributed by atoms with Gasteiger partial charge in [-0.3, -0.25) is 9.59 Å². The fourth-order valence-corrected chi connectivity index (χ4v) is 31.9. The van der Waals surface area contributed by atoms with E-state index in [-0.39, 0.29) is 11.9 Å². The van der Waals surface area contributed by atoms with Gasteiger partial charge in [-0.05, 0) is 210 Å². The Bertz CT molecular complexity index is 2110. The molecule has 2 saturated carbocycles. The zero-order valence-electron chi connectivity index (χ0n) is 79.6. The van der Waals surface area contributed by atoms with Gasteiger partial charge in [0.1, 0.15) is 13.2 Å². The lowest BCUT2D eigenvalue weighted by Crippen LogP contribution is -2.34. The van der Waals surface area contributed by atoms with Crippen LogP contribution in [-0.4, -0.2) is 158 Å². The highest BCUT2D eigenvalue weighted by molar-refractivity contribution is 9.10.